The molecule has 0 saturated carbocycles. The molecule has 2 aromatic heterocycles. The standard InChI is InChI=1S/C17H26N4OS.HI/c1-3-5-9-18-17(19-10-8-14-7-6-11-22-14)21-13-16-20-12-15(4-2)23-16;/h6-7,11-12H,3-5,8-10,13H2,1-2H3,(H2,18,19,21);1H. The second-order valence-corrected chi connectivity index (χ2v) is 6.47. The van der Waals surface area contributed by atoms with E-state index >= 15 is 0 Å². The van der Waals surface area contributed by atoms with Gasteiger partial charge in [0.05, 0.1) is 12.8 Å². The van der Waals surface area contributed by atoms with Crippen molar-refractivity contribution in [2.45, 2.75) is 46.1 Å². The smallest absolute Gasteiger partial charge is 0.191 e. The molecule has 0 fully saturated rings. The Labute approximate surface area is 165 Å². The fourth-order valence-corrected chi connectivity index (χ4v) is 2.83. The van der Waals surface area contributed by atoms with Crippen LogP contribution in [0.15, 0.2) is 34.0 Å². The predicted octanol–water partition coefficient (Wildman–Crippen LogP) is 3.99. The predicted molar refractivity (Wildman–Crippen MR) is 111 cm³/mol. The molecule has 5 nitrogen and oxygen atoms in total. The highest BCUT2D eigenvalue weighted by molar-refractivity contribution is 14.0. The minimum atomic E-state index is 0. The van der Waals surface area contributed by atoms with E-state index < -0.39 is 0 Å². The molecule has 2 heterocycles. The summed E-state index contributed by atoms with van der Waals surface area (Å²) in [6.07, 6.45) is 7.83. The number of nitrogens with zero attached hydrogens (tertiary/aromatic N) is 2. The zero-order chi connectivity index (χ0) is 16.3. The van der Waals surface area contributed by atoms with Gasteiger partial charge in [0, 0.05) is 30.6 Å². The minimum absolute atomic E-state index is 0. The van der Waals surface area contributed by atoms with Crippen molar-refractivity contribution in [1.29, 1.82) is 0 Å². The molecule has 2 aromatic rings. The molecular weight excluding hydrogens is 435 g/mol. The van der Waals surface area contributed by atoms with Crippen LogP contribution in [-0.2, 0) is 19.4 Å². The first-order valence-corrected chi connectivity index (χ1v) is 9.11. The van der Waals surface area contributed by atoms with Gasteiger partial charge >= 0.3 is 0 Å². The molecule has 0 saturated heterocycles. The highest BCUT2D eigenvalue weighted by Crippen LogP contribution is 2.13. The fourth-order valence-electron chi connectivity index (χ4n) is 2.05. The van der Waals surface area contributed by atoms with Crippen molar-refractivity contribution in [1.82, 2.24) is 15.6 Å². The van der Waals surface area contributed by atoms with Crippen molar-refractivity contribution < 1.29 is 4.42 Å². The Kier molecular flexibility index (Phi) is 10.7. The molecule has 0 aliphatic heterocycles. The van der Waals surface area contributed by atoms with Gasteiger partial charge in [-0.15, -0.1) is 35.3 Å². The Morgan fingerprint density at radius 2 is 2.12 bits per heavy atom. The molecule has 7 heteroatoms. The fraction of sp³-hybridized carbons (Fsp3) is 0.529. The summed E-state index contributed by atoms with van der Waals surface area (Å²) in [6, 6.07) is 3.91. The normalized spacial score (nSPS) is 11.2. The number of unbranched alkanes of at least 4 members (excludes halogenated alkanes) is 1. The summed E-state index contributed by atoms with van der Waals surface area (Å²) in [5, 5.41) is 7.80. The lowest BCUT2D eigenvalue weighted by molar-refractivity contribution is 0.506. The van der Waals surface area contributed by atoms with Crippen LogP contribution in [-0.4, -0.2) is 24.0 Å². The van der Waals surface area contributed by atoms with Crippen LogP contribution in [0.2, 0.25) is 0 Å². The van der Waals surface area contributed by atoms with Gasteiger partial charge in [-0.25, -0.2) is 9.98 Å². The number of furan rings is 1. The molecule has 0 atom stereocenters. The second-order valence-electron chi connectivity index (χ2n) is 5.28. The minimum Gasteiger partial charge on any atom is -0.469 e. The molecule has 0 aliphatic rings. The van der Waals surface area contributed by atoms with Crippen molar-refractivity contribution >= 4 is 41.3 Å². The SMILES string of the molecule is CCCCNC(=NCc1ncc(CC)s1)NCCc1ccco1.I. The molecule has 0 bridgehead atoms. The molecule has 2 N–H and O–H groups in total. The first kappa shape index (κ1) is 21.0. The maximum atomic E-state index is 5.35. The van der Waals surface area contributed by atoms with Gasteiger partial charge in [-0.05, 0) is 25.0 Å². The van der Waals surface area contributed by atoms with Crippen molar-refractivity contribution in [3.05, 3.63) is 40.2 Å². The third-order valence-corrected chi connectivity index (χ3v) is 4.52. The highest BCUT2D eigenvalue weighted by atomic mass is 127. The summed E-state index contributed by atoms with van der Waals surface area (Å²) in [7, 11) is 0. The molecule has 0 amide bonds. The highest BCUT2D eigenvalue weighted by Gasteiger charge is 2.03. The number of aryl methyl sites for hydroxylation is 1. The lowest BCUT2D eigenvalue weighted by Crippen LogP contribution is -2.38. The molecule has 0 aliphatic carbocycles. The molecule has 24 heavy (non-hydrogen) atoms. The summed E-state index contributed by atoms with van der Waals surface area (Å²) >= 11 is 1.74. The van der Waals surface area contributed by atoms with Crippen molar-refractivity contribution in [3.8, 4) is 0 Å². The van der Waals surface area contributed by atoms with Gasteiger partial charge in [-0.3, -0.25) is 0 Å². The number of rotatable bonds is 9. The third kappa shape index (κ3) is 7.65. The van der Waals surface area contributed by atoms with Gasteiger partial charge < -0.3 is 15.1 Å². The van der Waals surface area contributed by atoms with E-state index in [-0.39, 0.29) is 24.0 Å². The number of aromatic nitrogens is 1. The summed E-state index contributed by atoms with van der Waals surface area (Å²) < 4.78 is 5.35. The number of aliphatic imine (C=N–C) groups is 1. The van der Waals surface area contributed by atoms with Crippen LogP contribution in [0, 0.1) is 0 Å². The molecule has 0 spiro atoms. The monoisotopic (exact) mass is 462 g/mol. The summed E-state index contributed by atoms with van der Waals surface area (Å²) in [6.45, 7) is 6.68. The number of guanidine groups is 1. The van der Waals surface area contributed by atoms with E-state index in [0.29, 0.717) is 6.54 Å². The van der Waals surface area contributed by atoms with Crippen LogP contribution in [0.5, 0.6) is 0 Å². The van der Waals surface area contributed by atoms with Gasteiger partial charge in [0.2, 0.25) is 0 Å². The first-order chi connectivity index (χ1) is 11.3. The van der Waals surface area contributed by atoms with Gasteiger partial charge in [0.1, 0.15) is 10.8 Å². The Morgan fingerprint density at radius 1 is 1.29 bits per heavy atom. The average Bonchev–Trinajstić information content (AvgIpc) is 3.23. The quantitative estimate of drug-likeness (QED) is 0.256. The van der Waals surface area contributed by atoms with E-state index in [9.17, 15) is 0 Å². The van der Waals surface area contributed by atoms with Crippen LogP contribution in [0.1, 0.15) is 42.3 Å². The molecular formula is C17H27IN4OS. The van der Waals surface area contributed by atoms with E-state index in [4.69, 9.17) is 4.42 Å². The Morgan fingerprint density at radius 3 is 2.79 bits per heavy atom. The van der Waals surface area contributed by atoms with Crippen LogP contribution >= 0.6 is 35.3 Å². The maximum absolute atomic E-state index is 5.35. The third-order valence-electron chi connectivity index (χ3n) is 3.39. The van der Waals surface area contributed by atoms with Gasteiger partial charge in [-0.1, -0.05) is 20.3 Å². The lowest BCUT2D eigenvalue weighted by Gasteiger charge is -2.11. The van der Waals surface area contributed by atoms with E-state index in [2.05, 4.69) is 34.5 Å². The zero-order valence-corrected chi connectivity index (χ0v) is 17.5. The summed E-state index contributed by atoms with van der Waals surface area (Å²) in [5.74, 6) is 1.83. The van der Waals surface area contributed by atoms with Crippen molar-refractivity contribution in [3.63, 3.8) is 0 Å². The van der Waals surface area contributed by atoms with E-state index in [1.54, 1.807) is 17.6 Å². The van der Waals surface area contributed by atoms with Gasteiger partial charge in [0.25, 0.3) is 0 Å². The Balaban J connectivity index is 0.00000288. The van der Waals surface area contributed by atoms with Crippen molar-refractivity contribution in [2.24, 2.45) is 4.99 Å². The number of nitrogens with one attached hydrogen (secondary N) is 2. The van der Waals surface area contributed by atoms with Crippen LogP contribution < -0.4 is 10.6 Å². The van der Waals surface area contributed by atoms with E-state index in [0.717, 1.165) is 49.1 Å². The molecule has 0 radical (unpaired) electrons. The van der Waals surface area contributed by atoms with Crippen LogP contribution in [0.4, 0.5) is 0 Å². The summed E-state index contributed by atoms with van der Waals surface area (Å²) in [4.78, 5) is 10.4. The van der Waals surface area contributed by atoms with E-state index in [1.807, 2.05) is 18.3 Å². The number of hydrogen-bond donors (Lipinski definition) is 2. The van der Waals surface area contributed by atoms with Gasteiger partial charge in [0.15, 0.2) is 5.96 Å². The molecule has 0 aromatic carbocycles. The Hall–Kier alpha value is -1.09. The number of thiazole rings is 1. The van der Waals surface area contributed by atoms with Gasteiger partial charge in [-0.2, -0.15) is 0 Å². The number of halogens is 1. The van der Waals surface area contributed by atoms with Crippen LogP contribution in [0.25, 0.3) is 0 Å². The van der Waals surface area contributed by atoms with E-state index in [1.165, 1.54) is 11.3 Å². The zero-order valence-electron chi connectivity index (χ0n) is 14.4. The number of hydrogen-bond acceptors (Lipinski definition) is 4. The Bertz CT molecular complexity index is 583. The summed E-state index contributed by atoms with van der Waals surface area (Å²) in [5.41, 5.74) is 0. The topological polar surface area (TPSA) is 62.5 Å². The van der Waals surface area contributed by atoms with Crippen molar-refractivity contribution in [2.75, 3.05) is 13.1 Å². The van der Waals surface area contributed by atoms with Crippen LogP contribution in [0.3, 0.4) is 0 Å². The molecule has 2 rings (SSSR count). The second kappa shape index (κ2) is 12.3. The average molecular weight is 462 g/mol. The lowest BCUT2D eigenvalue weighted by atomic mass is 10.3. The maximum Gasteiger partial charge on any atom is 0.191 e. The molecule has 134 valence electrons. The largest absolute Gasteiger partial charge is 0.469 e. The first-order valence-electron chi connectivity index (χ1n) is 8.30. The molecule has 0 unspecified atom stereocenters.